The largest absolute Gasteiger partial charge is 0.444 e. The Morgan fingerprint density at radius 2 is 1.40 bits per heavy atom. The van der Waals surface area contributed by atoms with E-state index in [2.05, 4.69) is 15.3 Å². The van der Waals surface area contributed by atoms with Crippen LogP contribution in [-0.4, -0.2) is 33.5 Å². The van der Waals surface area contributed by atoms with Crippen molar-refractivity contribution in [2.24, 2.45) is 0 Å². The molecule has 192 valence electrons. The van der Waals surface area contributed by atoms with Crippen molar-refractivity contribution in [1.82, 2.24) is 9.97 Å². The highest BCUT2D eigenvalue weighted by molar-refractivity contribution is 5.84. The molecular weight excluding hydrogens is 478 g/mol. The zero-order chi connectivity index (χ0) is 26.2. The Kier molecular flexibility index (Phi) is 7.24. The molecule has 2 aromatic rings. The molecule has 6 nitrogen and oxygen atoms in total. The number of halogens is 6. The Hall–Kier alpha value is -3.05. The fourth-order valence-corrected chi connectivity index (χ4v) is 3.71. The van der Waals surface area contributed by atoms with E-state index in [1.165, 1.54) is 12.4 Å². The van der Waals surface area contributed by atoms with Gasteiger partial charge in [-0.3, -0.25) is 15.3 Å². The molecule has 0 unspecified atom stereocenters. The summed E-state index contributed by atoms with van der Waals surface area (Å²) in [5.74, 6) is -7.72. The van der Waals surface area contributed by atoms with Gasteiger partial charge in [0.1, 0.15) is 17.2 Å². The monoisotopic (exact) mass is 504 g/mol. The first-order chi connectivity index (χ1) is 16.0. The predicted molar refractivity (Wildman–Crippen MR) is 117 cm³/mol. The summed E-state index contributed by atoms with van der Waals surface area (Å²) < 4.78 is 82.7. The summed E-state index contributed by atoms with van der Waals surface area (Å²) in [4.78, 5) is 19.1. The van der Waals surface area contributed by atoms with Gasteiger partial charge >= 0.3 is 6.09 Å². The maximum Gasteiger partial charge on any atom is 0.412 e. The van der Waals surface area contributed by atoms with Crippen molar-refractivity contribution in [2.75, 3.05) is 11.1 Å². The van der Waals surface area contributed by atoms with Gasteiger partial charge in [0.2, 0.25) is 11.8 Å². The zero-order valence-corrected chi connectivity index (χ0v) is 19.3. The van der Waals surface area contributed by atoms with Crippen LogP contribution in [0.15, 0.2) is 24.5 Å². The van der Waals surface area contributed by atoms with E-state index in [0.717, 1.165) is 12.1 Å². The Morgan fingerprint density at radius 1 is 0.943 bits per heavy atom. The number of amides is 1. The van der Waals surface area contributed by atoms with Crippen LogP contribution >= 0.6 is 0 Å². The summed E-state index contributed by atoms with van der Waals surface area (Å²) in [6.45, 7) is 5.10. The molecule has 0 atom stereocenters. The number of anilines is 2. The molecule has 2 aliphatic rings. The van der Waals surface area contributed by atoms with E-state index in [9.17, 15) is 31.1 Å². The van der Waals surface area contributed by atoms with E-state index in [4.69, 9.17) is 10.5 Å². The molecule has 0 bridgehead atoms. The van der Waals surface area contributed by atoms with Crippen LogP contribution in [0.3, 0.4) is 0 Å². The molecule has 0 spiro atoms. The summed E-state index contributed by atoms with van der Waals surface area (Å²) in [7, 11) is 0. The van der Waals surface area contributed by atoms with E-state index in [1.807, 2.05) is 0 Å². The number of nitrogens with one attached hydrogen (secondary N) is 1. The highest BCUT2D eigenvalue weighted by Crippen LogP contribution is 2.49. The number of carbonyl (C=O) groups excluding carboxylic acids is 1. The van der Waals surface area contributed by atoms with Gasteiger partial charge in [0, 0.05) is 49.7 Å². The fraction of sp³-hybridized carbons (Fsp3) is 0.522. The van der Waals surface area contributed by atoms with Gasteiger partial charge in [-0.15, -0.1) is 0 Å². The topological polar surface area (TPSA) is 90.1 Å². The van der Waals surface area contributed by atoms with Gasteiger partial charge in [-0.1, -0.05) is 0 Å². The minimum atomic E-state index is -2.73. The van der Waals surface area contributed by atoms with E-state index in [-0.39, 0.29) is 35.6 Å². The van der Waals surface area contributed by atoms with Gasteiger partial charge in [0.15, 0.2) is 0 Å². The second kappa shape index (κ2) is 9.54. The lowest BCUT2D eigenvalue weighted by molar-refractivity contribution is -0.0888. The molecule has 12 heteroatoms. The van der Waals surface area contributed by atoms with Gasteiger partial charge in [0.25, 0.3) is 0 Å². The van der Waals surface area contributed by atoms with E-state index >= 15 is 0 Å². The van der Waals surface area contributed by atoms with Crippen molar-refractivity contribution in [2.45, 2.75) is 75.7 Å². The summed E-state index contributed by atoms with van der Waals surface area (Å²) in [5.41, 5.74) is 5.06. The number of nitrogens with two attached hydrogens (primary N) is 1. The van der Waals surface area contributed by atoms with Crippen LogP contribution in [-0.2, 0) is 4.74 Å². The molecule has 0 radical (unpaired) electrons. The van der Waals surface area contributed by atoms with Crippen molar-refractivity contribution >= 4 is 17.5 Å². The molecule has 2 heterocycles. The summed E-state index contributed by atoms with van der Waals surface area (Å²) >= 11 is 0. The maximum absolute atomic E-state index is 13.9. The van der Waals surface area contributed by atoms with Gasteiger partial charge < -0.3 is 10.5 Å². The van der Waals surface area contributed by atoms with Gasteiger partial charge in [-0.2, -0.15) is 0 Å². The van der Waals surface area contributed by atoms with Crippen molar-refractivity contribution in [3.8, 4) is 0 Å². The van der Waals surface area contributed by atoms with Crippen LogP contribution in [0.4, 0.5) is 42.5 Å². The second-order valence-corrected chi connectivity index (χ2v) is 9.78. The average molecular weight is 504 g/mol. The lowest BCUT2D eigenvalue weighted by Crippen LogP contribution is -2.34. The van der Waals surface area contributed by atoms with Crippen LogP contribution < -0.4 is 11.1 Å². The van der Waals surface area contributed by atoms with Crippen LogP contribution in [0.2, 0.25) is 0 Å². The predicted octanol–water partition coefficient (Wildman–Crippen LogP) is 6.40. The zero-order valence-electron chi connectivity index (χ0n) is 19.3. The number of hydrogen-bond acceptors (Lipinski definition) is 5. The third-order valence-electron chi connectivity index (χ3n) is 5.36. The first-order valence-corrected chi connectivity index (χ1v) is 10.9. The average Bonchev–Trinajstić information content (AvgIpc) is 2.63. The van der Waals surface area contributed by atoms with Crippen molar-refractivity contribution in [3.63, 3.8) is 0 Å². The van der Waals surface area contributed by atoms with Gasteiger partial charge in [0.05, 0.1) is 35.2 Å². The van der Waals surface area contributed by atoms with Crippen LogP contribution in [0.25, 0.3) is 0 Å². The normalized spacial score (nSPS) is 19.0. The molecule has 2 aromatic heterocycles. The highest BCUT2D eigenvalue weighted by Gasteiger charge is 2.48. The van der Waals surface area contributed by atoms with Crippen LogP contribution in [0, 0.1) is 11.6 Å². The molecule has 2 aliphatic carbocycles. The highest BCUT2D eigenvalue weighted by atomic mass is 19.3. The molecule has 2 fully saturated rings. The number of hydrogen-bond donors (Lipinski definition) is 2. The number of alkyl halides is 4. The minimum absolute atomic E-state index is 0.00987. The van der Waals surface area contributed by atoms with Crippen molar-refractivity contribution in [1.29, 1.82) is 0 Å². The number of ether oxygens (including phenoxy) is 1. The lowest BCUT2D eigenvalue weighted by atomic mass is 9.79. The SMILES string of the molecule is CC(C)(C)OC(=O)Nc1cnc(C2CC(F)(F)C2)c(F)c1.Nc1cnc(C2CC(F)(F)C2)c(F)c1. The Bertz CT molecular complexity index is 1070. The second-order valence-electron chi connectivity index (χ2n) is 9.78. The standard InChI is InChI=1S/C14H17F3N2O2.C9H9F3N2/c1-13(2,3)21-12(20)19-9-4-10(15)11(18-7-9)8-5-14(16,17)6-8;10-7-1-6(13)4-14-8(7)5-2-9(11,12)3-5/h4,7-8H,5-6H2,1-3H3,(H,19,20);1,4-5H,2-3,13H2. The minimum Gasteiger partial charge on any atom is -0.444 e. The number of carbonyl (C=O) groups is 1. The number of nitrogens with zero attached hydrogens (tertiary/aromatic N) is 2. The van der Waals surface area contributed by atoms with Gasteiger partial charge in [-0.05, 0) is 20.8 Å². The van der Waals surface area contributed by atoms with Crippen LogP contribution in [0.1, 0.15) is 69.7 Å². The molecule has 3 N–H and O–H groups in total. The first-order valence-electron chi connectivity index (χ1n) is 10.9. The fourth-order valence-electron chi connectivity index (χ4n) is 3.71. The smallest absolute Gasteiger partial charge is 0.412 e. The van der Waals surface area contributed by atoms with Gasteiger partial charge in [-0.25, -0.2) is 31.1 Å². The molecule has 2 saturated carbocycles. The first kappa shape index (κ1) is 26.6. The maximum atomic E-state index is 13.9. The third-order valence-corrected chi connectivity index (χ3v) is 5.36. The van der Waals surface area contributed by atoms with E-state index in [1.54, 1.807) is 20.8 Å². The Morgan fingerprint density at radius 3 is 1.80 bits per heavy atom. The molecule has 4 rings (SSSR count). The van der Waals surface area contributed by atoms with E-state index in [0.29, 0.717) is 0 Å². The number of pyridine rings is 2. The molecule has 0 saturated heterocycles. The summed E-state index contributed by atoms with van der Waals surface area (Å²) in [6.07, 6.45) is 0.368. The lowest BCUT2D eigenvalue weighted by Gasteiger charge is -2.34. The summed E-state index contributed by atoms with van der Waals surface area (Å²) in [6, 6.07) is 2.17. The summed E-state index contributed by atoms with van der Waals surface area (Å²) in [5, 5.41) is 2.35. The Labute approximate surface area is 198 Å². The number of rotatable bonds is 3. The molecule has 35 heavy (non-hydrogen) atoms. The number of aromatic nitrogens is 2. The third kappa shape index (κ3) is 7.22. The molecule has 0 aromatic carbocycles. The van der Waals surface area contributed by atoms with E-state index < -0.39 is 59.9 Å². The van der Waals surface area contributed by atoms with Crippen molar-refractivity contribution in [3.05, 3.63) is 47.5 Å². The Balaban J connectivity index is 0.000000211. The van der Waals surface area contributed by atoms with Crippen molar-refractivity contribution < 1.29 is 35.9 Å². The number of nitrogen functional groups attached to an aromatic ring is 1. The quantitative estimate of drug-likeness (QED) is 0.473. The van der Waals surface area contributed by atoms with Crippen LogP contribution in [0.5, 0.6) is 0 Å². The molecular formula is C23H26F6N4O2. The molecule has 1 amide bonds. The molecule has 0 aliphatic heterocycles.